The normalized spacial score (nSPS) is 11.5. The van der Waals surface area contributed by atoms with Crippen molar-refractivity contribution in [2.75, 3.05) is 19.0 Å². The second kappa shape index (κ2) is 7.06. The van der Waals surface area contributed by atoms with Crippen LogP contribution < -0.4 is 9.62 Å². The first-order valence-corrected chi connectivity index (χ1v) is 8.90. The number of rotatable bonds is 6. The third-order valence-corrected chi connectivity index (χ3v) is 4.80. The van der Waals surface area contributed by atoms with Crippen molar-refractivity contribution in [3.63, 3.8) is 0 Å². The molecule has 124 valence electrons. The Kier molecular flexibility index (Phi) is 5.33. The van der Waals surface area contributed by atoms with E-state index in [1.54, 1.807) is 23.1 Å². The van der Waals surface area contributed by atoms with E-state index >= 15 is 0 Å². The molecule has 1 aromatic heterocycles. The highest BCUT2D eigenvalue weighted by atomic mass is 32.2. The van der Waals surface area contributed by atoms with Crippen LogP contribution in [0.3, 0.4) is 0 Å². The van der Waals surface area contributed by atoms with Crippen LogP contribution in [0.2, 0.25) is 0 Å². The van der Waals surface area contributed by atoms with Gasteiger partial charge in [0.2, 0.25) is 16.0 Å². The number of nitrogens with zero attached hydrogens (tertiary/aromatic N) is 3. The molecule has 0 radical (unpaired) electrons. The lowest BCUT2D eigenvalue weighted by atomic mass is 10.2. The topological polar surface area (TPSA) is 75.2 Å². The Morgan fingerprint density at radius 1 is 1.13 bits per heavy atom. The fourth-order valence-corrected chi connectivity index (χ4v) is 3.06. The maximum absolute atomic E-state index is 12.3. The molecule has 1 heterocycles. The first-order chi connectivity index (χ1) is 10.8. The molecule has 0 aliphatic heterocycles. The van der Waals surface area contributed by atoms with E-state index in [0.29, 0.717) is 11.6 Å². The lowest BCUT2D eigenvalue weighted by Gasteiger charge is -2.13. The number of nitrogens with one attached hydrogen (secondary N) is 1. The van der Waals surface area contributed by atoms with E-state index in [9.17, 15) is 8.42 Å². The van der Waals surface area contributed by atoms with Crippen LogP contribution in [0.25, 0.3) is 0 Å². The van der Waals surface area contributed by atoms with Gasteiger partial charge in [-0.3, -0.25) is 0 Å². The summed E-state index contributed by atoms with van der Waals surface area (Å²) in [5.41, 5.74) is 2.53. The molecular formula is C16H22N4O2S. The molecule has 2 rings (SSSR count). The van der Waals surface area contributed by atoms with Gasteiger partial charge in [0, 0.05) is 19.8 Å². The van der Waals surface area contributed by atoms with Crippen LogP contribution in [-0.4, -0.2) is 32.5 Å². The van der Waals surface area contributed by atoms with Crippen LogP contribution in [0, 0.1) is 6.92 Å². The average molecular weight is 334 g/mol. The average Bonchev–Trinajstić information content (AvgIpc) is 2.52. The van der Waals surface area contributed by atoms with Crippen LogP contribution in [0.15, 0.2) is 35.2 Å². The van der Waals surface area contributed by atoms with E-state index in [4.69, 9.17) is 0 Å². The lowest BCUT2D eigenvalue weighted by molar-refractivity contribution is 0.580. The molecule has 0 aliphatic rings. The summed E-state index contributed by atoms with van der Waals surface area (Å²) in [6.45, 7) is 4.01. The maximum Gasteiger partial charge on any atom is 0.240 e. The van der Waals surface area contributed by atoms with Gasteiger partial charge in [0.1, 0.15) is 0 Å². The van der Waals surface area contributed by atoms with Gasteiger partial charge in [-0.2, -0.15) is 0 Å². The molecule has 6 nitrogen and oxygen atoms in total. The molecule has 1 aromatic carbocycles. The van der Waals surface area contributed by atoms with Crippen LogP contribution in [0.1, 0.15) is 23.9 Å². The molecule has 0 saturated carbocycles. The zero-order valence-electron chi connectivity index (χ0n) is 13.9. The molecule has 2 aromatic rings. The second-order valence-corrected chi connectivity index (χ2v) is 7.28. The van der Waals surface area contributed by atoms with Crippen molar-refractivity contribution in [3.05, 3.63) is 47.3 Å². The monoisotopic (exact) mass is 334 g/mol. The van der Waals surface area contributed by atoms with E-state index < -0.39 is 10.0 Å². The minimum atomic E-state index is -3.55. The van der Waals surface area contributed by atoms with Crippen molar-refractivity contribution < 1.29 is 8.42 Å². The van der Waals surface area contributed by atoms with Gasteiger partial charge < -0.3 is 4.90 Å². The first-order valence-electron chi connectivity index (χ1n) is 7.42. The van der Waals surface area contributed by atoms with Gasteiger partial charge in [-0.1, -0.05) is 19.1 Å². The minimum absolute atomic E-state index is 0.127. The Bertz CT molecular complexity index is 771. The SMILES string of the molecule is CCc1ccc(S(=O)(=O)NCc2cc(C)nc(N(C)C)n2)cc1. The summed E-state index contributed by atoms with van der Waals surface area (Å²) < 4.78 is 27.3. The molecular weight excluding hydrogens is 312 g/mol. The molecule has 23 heavy (non-hydrogen) atoms. The Hall–Kier alpha value is -1.99. The summed E-state index contributed by atoms with van der Waals surface area (Å²) in [4.78, 5) is 10.7. The number of aromatic nitrogens is 2. The highest BCUT2D eigenvalue weighted by Gasteiger charge is 2.14. The van der Waals surface area contributed by atoms with Gasteiger partial charge in [-0.05, 0) is 37.1 Å². The molecule has 0 saturated heterocycles. The van der Waals surface area contributed by atoms with E-state index in [2.05, 4.69) is 14.7 Å². The number of benzene rings is 1. The summed E-state index contributed by atoms with van der Waals surface area (Å²) >= 11 is 0. The summed E-state index contributed by atoms with van der Waals surface area (Å²) in [7, 11) is 0.137. The largest absolute Gasteiger partial charge is 0.347 e. The lowest BCUT2D eigenvalue weighted by Crippen LogP contribution is -2.24. The second-order valence-electron chi connectivity index (χ2n) is 5.52. The fourth-order valence-electron chi connectivity index (χ4n) is 2.06. The molecule has 0 fully saturated rings. The quantitative estimate of drug-likeness (QED) is 0.873. The van der Waals surface area contributed by atoms with Crippen LogP contribution in [0.5, 0.6) is 0 Å². The predicted octanol–water partition coefficient (Wildman–Crippen LogP) is 1.89. The van der Waals surface area contributed by atoms with Crippen molar-refractivity contribution in [2.45, 2.75) is 31.7 Å². The number of hydrogen-bond acceptors (Lipinski definition) is 5. The highest BCUT2D eigenvalue weighted by molar-refractivity contribution is 7.89. The van der Waals surface area contributed by atoms with Crippen molar-refractivity contribution in [1.29, 1.82) is 0 Å². The number of anilines is 1. The van der Waals surface area contributed by atoms with Crippen molar-refractivity contribution in [2.24, 2.45) is 0 Å². The standard InChI is InChI=1S/C16H22N4O2S/c1-5-13-6-8-15(9-7-13)23(21,22)17-11-14-10-12(2)18-16(19-14)20(3)4/h6-10,17H,5,11H2,1-4H3. The van der Waals surface area contributed by atoms with Gasteiger partial charge in [-0.15, -0.1) is 0 Å². The highest BCUT2D eigenvalue weighted by Crippen LogP contribution is 2.12. The van der Waals surface area contributed by atoms with Gasteiger partial charge in [-0.25, -0.2) is 23.1 Å². The van der Waals surface area contributed by atoms with Crippen LogP contribution >= 0.6 is 0 Å². The van der Waals surface area contributed by atoms with Crippen LogP contribution in [0.4, 0.5) is 5.95 Å². The maximum atomic E-state index is 12.3. The Labute approximate surface area is 137 Å². The molecule has 0 aliphatic carbocycles. The molecule has 0 amide bonds. The van der Waals surface area contributed by atoms with Gasteiger partial charge >= 0.3 is 0 Å². The molecule has 0 unspecified atom stereocenters. The van der Waals surface area contributed by atoms with E-state index in [0.717, 1.165) is 17.7 Å². The summed E-state index contributed by atoms with van der Waals surface area (Å²) in [6, 6.07) is 8.67. The molecule has 0 bridgehead atoms. The molecule has 7 heteroatoms. The number of aryl methyl sites for hydroxylation is 2. The fraction of sp³-hybridized carbons (Fsp3) is 0.375. The summed E-state index contributed by atoms with van der Waals surface area (Å²) in [6.07, 6.45) is 0.876. The van der Waals surface area contributed by atoms with Crippen LogP contribution in [-0.2, 0) is 23.0 Å². The zero-order valence-corrected chi connectivity index (χ0v) is 14.7. The van der Waals surface area contributed by atoms with Crippen molar-refractivity contribution in [1.82, 2.24) is 14.7 Å². The van der Waals surface area contributed by atoms with Gasteiger partial charge in [0.25, 0.3) is 0 Å². The van der Waals surface area contributed by atoms with Gasteiger partial charge in [0.05, 0.1) is 17.1 Å². The Morgan fingerprint density at radius 2 is 1.78 bits per heavy atom. The molecule has 1 N–H and O–H groups in total. The first kappa shape index (κ1) is 17.4. The van der Waals surface area contributed by atoms with Crippen molar-refractivity contribution >= 4 is 16.0 Å². The van der Waals surface area contributed by atoms with E-state index in [1.165, 1.54) is 0 Å². The van der Waals surface area contributed by atoms with Gasteiger partial charge in [0.15, 0.2) is 0 Å². The zero-order chi connectivity index (χ0) is 17.0. The number of hydrogen-bond donors (Lipinski definition) is 1. The Balaban J connectivity index is 2.15. The Morgan fingerprint density at radius 3 is 2.35 bits per heavy atom. The number of sulfonamides is 1. The third kappa shape index (κ3) is 4.49. The molecule has 0 spiro atoms. The summed E-state index contributed by atoms with van der Waals surface area (Å²) in [5.74, 6) is 0.562. The minimum Gasteiger partial charge on any atom is -0.347 e. The van der Waals surface area contributed by atoms with E-state index in [-0.39, 0.29) is 11.4 Å². The summed E-state index contributed by atoms with van der Waals surface area (Å²) in [5, 5.41) is 0. The predicted molar refractivity (Wildman–Crippen MR) is 90.9 cm³/mol. The van der Waals surface area contributed by atoms with E-state index in [1.807, 2.05) is 40.1 Å². The third-order valence-electron chi connectivity index (χ3n) is 3.38. The molecule has 0 atom stereocenters. The van der Waals surface area contributed by atoms with Crippen molar-refractivity contribution in [3.8, 4) is 0 Å². The smallest absolute Gasteiger partial charge is 0.240 e.